The van der Waals surface area contributed by atoms with E-state index in [1.165, 1.54) is 22.9 Å². The van der Waals surface area contributed by atoms with Gasteiger partial charge in [-0.3, -0.25) is 20.4 Å². The Hall–Kier alpha value is -1.98. The Morgan fingerprint density at radius 1 is 1.08 bits per heavy atom. The van der Waals surface area contributed by atoms with Crippen molar-refractivity contribution in [3.63, 3.8) is 0 Å². The molecule has 0 radical (unpaired) electrons. The second kappa shape index (κ2) is 8.14. The van der Waals surface area contributed by atoms with Gasteiger partial charge in [0.1, 0.15) is 0 Å². The first-order chi connectivity index (χ1) is 12.5. The molecule has 4 nitrogen and oxygen atoms in total. The first kappa shape index (κ1) is 18.8. The Kier molecular flexibility index (Phi) is 5.89. The van der Waals surface area contributed by atoms with Crippen molar-refractivity contribution in [1.29, 1.82) is 0 Å². The van der Waals surface area contributed by atoms with Crippen LogP contribution < -0.4 is 10.9 Å². The number of nitrogens with one attached hydrogen (secondary N) is 2. The fourth-order valence-electron chi connectivity index (χ4n) is 3.08. The van der Waals surface area contributed by atoms with Gasteiger partial charge in [0.2, 0.25) is 11.8 Å². The van der Waals surface area contributed by atoms with Crippen LogP contribution >= 0.6 is 23.4 Å². The molecule has 1 atom stereocenters. The number of hydrogen-bond donors (Lipinski definition) is 2. The molecule has 2 aromatic rings. The van der Waals surface area contributed by atoms with Gasteiger partial charge in [-0.05, 0) is 54.7 Å². The molecule has 2 N–H and O–H groups in total. The lowest BCUT2D eigenvalue weighted by Gasteiger charge is -2.33. The van der Waals surface area contributed by atoms with Crippen LogP contribution in [-0.2, 0) is 22.4 Å². The van der Waals surface area contributed by atoms with Crippen molar-refractivity contribution < 1.29 is 9.59 Å². The maximum Gasteiger partial charge on any atom is 0.248 e. The number of fused-ring (bicyclic) bond motifs is 1. The Morgan fingerprint density at radius 3 is 2.50 bits per heavy atom. The van der Waals surface area contributed by atoms with Crippen LogP contribution in [0.5, 0.6) is 0 Å². The molecule has 0 heterocycles. The van der Waals surface area contributed by atoms with E-state index < -0.39 is 5.41 Å². The zero-order chi connectivity index (χ0) is 18.6. The zero-order valence-electron chi connectivity index (χ0n) is 14.5. The van der Waals surface area contributed by atoms with Gasteiger partial charge in [-0.1, -0.05) is 42.8 Å². The fraction of sp³-hybridized carbons (Fsp3) is 0.300. The van der Waals surface area contributed by atoms with Gasteiger partial charge in [0.25, 0.3) is 0 Å². The van der Waals surface area contributed by atoms with Crippen LogP contribution in [0.4, 0.5) is 0 Å². The lowest BCUT2D eigenvalue weighted by molar-refractivity contribution is -0.134. The lowest BCUT2D eigenvalue weighted by atomic mass is 9.72. The average molecular weight is 389 g/mol. The largest absolute Gasteiger partial charge is 0.273 e. The van der Waals surface area contributed by atoms with Gasteiger partial charge in [-0.15, -0.1) is 11.8 Å². The van der Waals surface area contributed by atoms with Crippen molar-refractivity contribution in [3.8, 4) is 0 Å². The zero-order valence-corrected chi connectivity index (χ0v) is 16.1. The normalized spacial score (nSPS) is 18.7. The molecule has 0 fully saturated rings. The molecule has 0 unspecified atom stereocenters. The van der Waals surface area contributed by atoms with Crippen LogP contribution in [0.2, 0.25) is 5.02 Å². The number of hydrogen-bond acceptors (Lipinski definition) is 3. The molecule has 0 spiro atoms. The maximum atomic E-state index is 12.6. The maximum absolute atomic E-state index is 12.6. The molecule has 0 saturated heterocycles. The molecule has 1 aliphatic rings. The number of rotatable bonds is 4. The molecule has 1 aliphatic carbocycles. The van der Waals surface area contributed by atoms with E-state index in [4.69, 9.17) is 11.6 Å². The summed E-state index contributed by atoms with van der Waals surface area (Å²) in [6.07, 6.45) is 2.33. The summed E-state index contributed by atoms with van der Waals surface area (Å²) < 4.78 is 0. The Bertz CT molecular complexity index is 810. The highest BCUT2D eigenvalue weighted by Crippen LogP contribution is 2.35. The van der Waals surface area contributed by atoms with Crippen LogP contribution in [0.3, 0.4) is 0 Å². The third kappa shape index (κ3) is 4.59. The molecular formula is C20H21ClN2O2S. The number of benzene rings is 2. The summed E-state index contributed by atoms with van der Waals surface area (Å²) >= 11 is 7.23. The second-order valence-corrected chi connectivity index (χ2v) is 8.24. The average Bonchev–Trinajstić information content (AvgIpc) is 2.65. The topological polar surface area (TPSA) is 58.2 Å². The molecule has 0 bridgehead atoms. The number of thioether (sulfide) groups is 1. The molecule has 2 aromatic carbocycles. The number of hydrazine groups is 1. The van der Waals surface area contributed by atoms with Gasteiger partial charge in [0.15, 0.2) is 0 Å². The Morgan fingerprint density at radius 2 is 1.77 bits per heavy atom. The second-order valence-electron chi connectivity index (χ2n) is 6.75. The molecule has 2 amide bonds. The van der Waals surface area contributed by atoms with Crippen molar-refractivity contribution in [2.75, 3.05) is 5.75 Å². The Labute approximate surface area is 162 Å². The standard InChI is InChI=1S/C20H21ClN2O2S/c1-20(11-10-14-4-2-3-5-15(14)12-20)19(25)23-22-18(24)13-26-17-8-6-16(21)7-9-17/h2-9H,10-13H2,1H3,(H,22,24)(H,23,25)/t20-/m0/s1. The van der Waals surface area contributed by atoms with Crippen LogP contribution in [0, 0.1) is 5.41 Å². The minimum absolute atomic E-state index is 0.142. The van der Waals surface area contributed by atoms with Crippen LogP contribution in [0.1, 0.15) is 24.5 Å². The monoisotopic (exact) mass is 388 g/mol. The third-order valence-corrected chi connectivity index (χ3v) is 5.96. The van der Waals surface area contributed by atoms with E-state index in [1.807, 2.05) is 31.2 Å². The summed E-state index contributed by atoms with van der Waals surface area (Å²) in [6, 6.07) is 15.5. The number of carbonyl (C=O) groups excluding carboxylic acids is 2. The molecule has 6 heteroatoms. The van der Waals surface area contributed by atoms with Crippen LogP contribution in [0.15, 0.2) is 53.4 Å². The number of aryl methyl sites for hydroxylation is 1. The molecular weight excluding hydrogens is 368 g/mol. The highest BCUT2D eigenvalue weighted by Gasteiger charge is 2.36. The van der Waals surface area contributed by atoms with Crippen molar-refractivity contribution in [3.05, 3.63) is 64.7 Å². The van der Waals surface area contributed by atoms with E-state index in [2.05, 4.69) is 23.0 Å². The summed E-state index contributed by atoms with van der Waals surface area (Å²) in [5.74, 6) is -0.156. The predicted octanol–water partition coefficient (Wildman–Crippen LogP) is 3.77. The van der Waals surface area contributed by atoms with E-state index in [0.717, 1.165) is 17.7 Å². The van der Waals surface area contributed by atoms with Crippen LogP contribution in [-0.4, -0.2) is 17.6 Å². The summed E-state index contributed by atoms with van der Waals surface area (Å²) in [7, 11) is 0. The molecule has 136 valence electrons. The quantitative estimate of drug-likeness (QED) is 0.619. The molecule has 0 aromatic heterocycles. The minimum Gasteiger partial charge on any atom is -0.273 e. The number of carbonyl (C=O) groups is 2. The predicted molar refractivity (Wildman–Crippen MR) is 105 cm³/mol. The van der Waals surface area contributed by atoms with Gasteiger partial charge in [-0.25, -0.2) is 0 Å². The molecule has 3 rings (SSSR count). The van der Waals surface area contributed by atoms with Crippen molar-refractivity contribution in [1.82, 2.24) is 10.9 Å². The van der Waals surface area contributed by atoms with E-state index in [9.17, 15) is 9.59 Å². The first-order valence-corrected chi connectivity index (χ1v) is 9.87. The fourth-order valence-corrected chi connectivity index (χ4v) is 3.90. The highest BCUT2D eigenvalue weighted by atomic mass is 35.5. The number of amides is 2. The van der Waals surface area contributed by atoms with Gasteiger partial charge < -0.3 is 0 Å². The van der Waals surface area contributed by atoms with Crippen molar-refractivity contribution in [2.45, 2.75) is 31.1 Å². The van der Waals surface area contributed by atoms with E-state index >= 15 is 0 Å². The summed E-state index contributed by atoms with van der Waals surface area (Å²) in [5.41, 5.74) is 7.13. The van der Waals surface area contributed by atoms with Crippen molar-refractivity contribution in [2.24, 2.45) is 5.41 Å². The van der Waals surface area contributed by atoms with E-state index in [-0.39, 0.29) is 17.6 Å². The van der Waals surface area contributed by atoms with Gasteiger partial charge >= 0.3 is 0 Å². The van der Waals surface area contributed by atoms with E-state index in [0.29, 0.717) is 11.4 Å². The van der Waals surface area contributed by atoms with Gasteiger partial charge in [0, 0.05) is 9.92 Å². The van der Waals surface area contributed by atoms with Crippen LogP contribution in [0.25, 0.3) is 0 Å². The summed E-state index contributed by atoms with van der Waals surface area (Å²) in [6.45, 7) is 1.95. The molecule has 0 saturated carbocycles. The lowest BCUT2D eigenvalue weighted by Crippen LogP contribution is -2.50. The van der Waals surface area contributed by atoms with Crippen molar-refractivity contribution >= 4 is 35.2 Å². The SMILES string of the molecule is C[C@]1(C(=O)NNC(=O)CSc2ccc(Cl)cc2)CCc2ccccc2C1. The van der Waals surface area contributed by atoms with E-state index in [1.54, 1.807) is 12.1 Å². The van der Waals surface area contributed by atoms with Gasteiger partial charge in [0.05, 0.1) is 11.2 Å². The highest BCUT2D eigenvalue weighted by molar-refractivity contribution is 8.00. The molecule has 26 heavy (non-hydrogen) atoms. The molecule has 0 aliphatic heterocycles. The third-order valence-electron chi connectivity index (χ3n) is 4.69. The minimum atomic E-state index is -0.509. The van der Waals surface area contributed by atoms with Gasteiger partial charge in [-0.2, -0.15) is 0 Å². The summed E-state index contributed by atoms with van der Waals surface area (Å²) in [5, 5.41) is 0.661. The smallest absolute Gasteiger partial charge is 0.248 e. The Balaban J connectivity index is 1.49. The number of halogens is 1. The first-order valence-electron chi connectivity index (χ1n) is 8.51. The summed E-state index contributed by atoms with van der Waals surface area (Å²) in [4.78, 5) is 25.5.